The highest BCUT2D eigenvalue weighted by atomic mass is 19.3. The van der Waals surface area contributed by atoms with Crippen LogP contribution in [0.15, 0.2) is 48.5 Å². The minimum atomic E-state index is -5.69. The molecule has 1 aliphatic rings. The van der Waals surface area contributed by atoms with Crippen LogP contribution >= 0.6 is 0 Å². The molecule has 2 aromatic carbocycles. The highest BCUT2D eigenvalue weighted by molar-refractivity contribution is 5.86. The highest BCUT2D eigenvalue weighted by Crippen LogP contribution is 2.68. The number of halogens is 6. The number of benzene rings is 2. The number of carbonyl (C=O) groups is 2. The third kappa shape index (κ3) is 2.74. The maximum atomic E-state index is 14.9. The number of aromatic carboxylic acids is 2. The van der Waals surface area contributed by atoms with E-state index in [4.69, 9.17) is 0 Å². The van der Waals surface area contributed by atoms with Gasteiger partial charge in [-0.3, -0.25) is 0 Å². The molecule has 0 aromatic heterocycles. The zero-order chi connectivity index (χ0) is 22.5. The summed E-state index contributed by atoms with van der Waals surface area (Å²) in [4.78, 5) is 21.3. The third-order valence-electron chi connectivity index (χ3n) is 4.31. The van der Waals surface area contributed by atoms with Gasteiger partial charge in [-0.05, 0) is 59.7 Å². The van der Waals surface area contributed by atoms with Crippen molar-refractivity contribution in [3.63, 3.8) is 0 Å². The molecule has 0 amide bonds. The Morgan fingerprint density at radius 1 is 0.600 bits per heavy atom. The normalized spacial score (nSPS) is 26.3. The first-order valence-electron chi connectivity index (χ1n) is 7.91. The molecule has 1 fully saturated rings. The van der Waals surface area contributed by atoms with Crippen molar-refractivity contribution in [2.24, 2.45) is 0 Å². The predicted molar refractivity (Wildman–Crippen MR) is 80.4 cm³/mol. The number of rotatable bonds is 6. The van der Waals surface area contributed by atoms with Gasteiger partial charge >= 0.3 is 23.6 Å². The molecular formula is C18H8F6O6-2. The van der Waals surface area contributed by atoms with Gasteiger partial charge in [-0.1, -0.05) is 0 Å². The lowest BCUT2D eigenvalue weighted by Gasteiger charge is -2.55. The van der Waals surface area contributed by atoms with E-state index in [0.29, 0.717) is 24.3 Å². The summed E-state index contributed by atoms with van der Waals surface area (Å²) in [5, 5.41) is 21.3. The van der Waals surface area contributed by atoms with E-state index in [1.165, 1.54) is 0 Å². The minimum absolute atomic E-state index is 0.475. The summed E-state index contributed by atoms with van der Waals surface area (Å²) >= 11 is 0. The van der Waals surface area contributed by atoms with E-state index < -0.39 is 58.1 Å². The number of carboxylic acid groups (broad SMARTS) is 2. The van der Waals surface area contributed by atoms with Gasteiger partial charge < -0.3 is 29.3 Å². The van der Waals surface area contributed by atoms with Crippen LogP contribution in [0.5, 0.6) is 11.5 Å². The molecule has 2 aromatic rings. The van der Waals surface area contributed by atoms with Crippen molar-refractivity contribution in [1.82, 2.24) is 0 Å². The van der Waals surface area contributed by atoms with Crippen LogP contribution in [-0.4, -0.2) is 35.5 Å². The van der Waals surface area contributed by atoms with Gasteiger partial charge in [0.2, 0.25) is 0 Å². The fourth-order valence-electron chi connectivity index (χ4n) is 2.65. The van der Waals surface area contributed by atoms with Crippen LogP contribution in [0, 0.1) is 0 Å². The SMILES string of the molecule is O=C([O-])c1ccc(O[C@@]2(F)C(F)(F)C(F)(F)[C@]2(F)Oc2ccc(C(=O)[O-])cc2)cc1. The number of ether oxygens (including phenoxy) is 2. The van der Waals surface area contributed by atoms with E-state index >= 15 is 0 Å². The second-order valence-electron chi connectivity index (χ2n) is 6.17. The van der Waals surface area contributed by atoms with E-state index in [-0.39, 0.29) is 0 Å². The molecule has 3 rings (SSSR count). The van der Waals surface area contributed by atoms with Crippen molar-refractivity contribution in [3.05, 3.63) is 59.7 Å². The van der Waals surface area contributed by atoms with Crippen molar-refractivity contribution in [3.8, 4) is 11.5 Å². The highest BCUT2D eigenvalue weighted by Gasteiger charge is 3.03. The molecule has 1 saturated carbocycles. The molecule has 0 unspecified atom stereocenters. The van der Waals surface area contributed by atoms with E-state index in [1.54, 1.807) is 0 Å². The van der Waals surface area contributed by atoms with Gasteiger partial charge in [-0.2, -0.15) is 26.3 Å². The van der Waals surface area contributed by atoms with Crippen molar-refractivity contribution < 1.29 is 55.6 Å². The molecule has 0 heterocycles. The Kier molecular flexibility index (Phi) is 4.64. The monoisotopic (exact) mass is 434 g/mol. The smallest absolute Gasteiger partial charge is 0.395 e. The average molecular weight is 434 g/mol. The Morgan fingerprint density at radius 2 is 0.867 bits per heavy atom. The Bertz CT molecular complexity index is 912. The first-order chi connectivity index (χ1) is 13.8. The minimum Gasteiger partial charge on any atom is -0.545 e. The Hall–Kier alpha value is -3.44. The lowest BCUT2D eigenvalue weighted by molar-refractivity contribution is -0.527. The van der Waals surface area contributed by atoms with Crippen LogP contribution in [0.3, 0.4) is 0 Å². The first-order valence-corrected chi connectivity index (χ1v) is 7.91. The van der Waals surface area contributed by atoms with Crippen LogP contribution in [0.2, 0.25) is 0 Å². The molecule has 0 saturated heterocycles. The molecule has 30 heavy (non-hydrogen) atoms. The number of carboxylic acids is 2. The van der Waals surface area contributed by atoms with Crippen LogP contribution in [0.4, 0.5) is 26.3 Å². The second-order valence-corrected chi connectivity index (χ2v) is 6.17. The van der Waals surface area contributed by atoms with Gasteiger partial charge in [0.15, 0.2) is 0 Å². The summed E-state index contributed by atoms with van der Waals surface area (Å²) in [6.07, 6.45) is 0. The summed E-state index contributed by atoms with van der Waals surface area (Å²) in [5.41, 5.74) is -0.951. The van der Waals surface area contributed by atoms with Crippen molar-refractivity contribution in [1.29, 1.82) is 0 Å². The fourth-order valence-corrected chi connectivity index (χ4v) is 2.65. The molecule has 0 radical (unpaired) electrons. The van der Waals surface area contributed by atoms with Crippen LogP contribution in [-0.2, 0) is 0 Å². The fraction of sp³-hybridized carbons (Fsp3) is 0.222. The van der Waals surface area contributed by atoms with Gasteiger partial charge in [0.25, 0.3) is 0 Å². The van der Waals surface area contributed by atoms with Crippen molar-refractivity contribution in [2.75, 3.05) is 0 Å². The summed E-state index contributed by atoms with van der Waals surface area (Å²) < 4.78 is 93.5. The van der Waals surface area contributed by atoms with Gasteiger partial charge in [0, 0.05) is 0 Å². The molecule has 0 aliphatic heterocycles. The van der Waals surface area contributed by atoms with Crippen molar-refractivity contribution >= 4 is 11.9 Å². The summed E-state index contributed by atoms with van der Waals surface area (Å²) in [7, 11) is 0. The molecule has 0 spiro atoms. The maximum Gasteiger partial charge on any atom is 0.395 e. The van der Waals surface area contributed by atoms with E-state index in [0.717, 1.165) is 24.3 Å². The average Bonchev–Trinajstić information content (AvgIpc) is 2.67. The number of carbonyl (C=O) groups excluding carboxylic acids is 2. The molecule has 2 atom stereocenters. The zero-order valence-corrected chi connectivity index (χ0v) is 14.3. The standard InChI is InChI=1S/C18H10F6O6/c19-15(20)16(21,22)18(24,30-12-7-3-10(4-8-12)14(27)28)17(15,23)29-11-5-1-9(2-6-11)13(25)26/h1-8H,(H,25,26)(H,27,28)/p-2/t17-,18-/m0/s1. The van der Waals surface area contributed by atoms with E-state index in [1.807, 2.05) is 0 Å². The largest absolute Gasteiger partial charge is 0.545 e. The lowest BCUT2D eigenvalue weighted by Crippen LogP contribution is -2.89. The molecule has 12 heteroatoms. The number of hydrogen-bond donors (Lipinski definition) is 0. The molecule has 0 N–H and O–H groups in total. The van der Waals surface area contributed by atoms with Crippen molar-refractivity contribution in [2.45, 2.75) is 23.6 Å². The van der Waals surface area contributed by atoms with Gasteiger partial charge in [0.05, 0.1) is 11.9 Å². The van der Waals surface area contributed by atoms with E-state index in [2.05, 4.69) is 9.47 Å². The molecule has 0 bridgehead atoms. The summed E-state index contributed by atoms with van der Waals surface area (Å²) in [5.74, 6) is -26.6. The predicted octanol–water partition coefficient (Wildman–Crippen LogP) is 1.49. The topological polar surface area (TPSA) is 98.7 Å². The second kappa shape index (κ2) is 6.54. The van der Waals surface area contributed by atoms with Crippen LogP contribution < -0.4 is 19.7 Å². The number of alkyl halides is 6. The van der Waals surface area contributed by atoms with Gasteiger partial charge in [-0.15, -0.1) is 0 Å². The van der Waals surface area contributed by atoms with Crippen LogP contribution in [0.25, 0.3) is 0 Å². The Labute approximate surface area is 163 Å². The van der Waals surface area contributed by atoms with Gasteiger partial charge in [-0.25, -0.2) is 0 Å². The third-order valence-corrected chi connectivity index (χ3v) is 4.31. The van der Waals surface area contributed by atoms with E-state index in [9.17, 15) is 46.1 Å². The first kappa shape index (κ1) is 21.3. The molecule has 160 valence electrons. The summed E-state index contributed by atoms with van der Waals surface area (Å²) in [6.45, 7) is 0. The quantitative estimate of drug-likeness (QED) is 0.639. The van der Waals surface area contributed by atoms with Crippen LogP contribution in [0.1, 0.15) is 20.7 Å². The Morgan fingerprint density at radius 3 is 1.10 bits per heavy atom. The molecule has 6 nitrogen and oxygen atoms in total. The zero-order valence-electron chi connectivity index (χ0n) is 14.3. The lowest BCUT2D eigenvalue weighted by atomic mass is 9.76. The number of hydrogen-bond acceptors (Lipinski definition) is 6. The Balaban J connectivity index is 1.95. The molecule has 1 aliphatic carbocycles. The van der Waals surface area contributed by atoms with Gasteiger partial charge in [0.1, 0.15) is 11.5 Å². The molecular weight excluding hydrogens is 426 g/mol. The summed E-state index contributed by atoms with van der Waals surface area (Å²) in [6, 6.07) is 5.37. The maximum absolute atomic E-state index is 14.9.